The molecule has 174 valence electrons. The average Bonchev–Trinajstić information content (AvgIpc) is 3.29. The third-order valence-electron chi connectivity index (χ3n) is 4.93. The normalized spacial score (nSPS) is 11.9. The van der Waals surface area contributed by atoms with Crippen LogP contribution >= 0.6 is 0 Å². The second kappa shape index (κ2) is 9.27. The number of benzene rings is 2. The summed E-state index contributed by atoms with van der Waals surface area (Å²) in [5.74, 6) is 0.868. The van der Waals surface area contributed by atoms with Gasteiger partial charge < -0.3 is 5.32 Å². The number of hydrogen-bond donors (Lipinski definition) is 2. The fourth-order valence-electron chi connectivity index (χ4n) is 3.12. The summed E-state index contributed by atoms with van der Waals surface area (Å²) in [5, 5.41) is 21.7. The predicted molar refractivity (Wildman–Crippen MR) is 129 cm³/mol. The lowest BCUT2D eigenvalue weighted by Crippen LogP contribution is -2.16. The molecule has 4 aromatic rings. The van der Waals surface area contributed by atoms with E-state index in [4.69, 9.17) is 0 Å². The van der Waals surface area contributed by atoms with Gasteiger partial charge in [0.25, 0.3) is 5.69 Å². The lowest BCUT2D eigenvalue weighted by molar-refractivity contribution is -0.384. The molecule has 11 nitrogen and oxygen atoms in total. The number of sulfone groups is 1. The molecular formula is C22H21N7O4S. The van der Waals surface area contributed by atoms with E-state index in [1.165, 1.54) is 18.3 Å². The first-order chi connectivity index (χ1) is 16.3. The Morgan fingerprint density at radius 1 is 1.12 bits per heavy atom. The van der Waals surface area contributed by atoms with Crippen LogP contribution in [0.25, 0.3) is 5.65 Å². The zero-order chi connectivity index (χ0) is 24.3. The van der Waals surface area contributed by atoms with Crippen LogP contribution in [0.1, 0.15) is 19.4 Å². The van der Waals surface area contributed by atoms with Gasteiger partial charge in [0, 0.05) is 24.3 Å². The first kappa shape index (κ1) is 22.9. The Bertz CT molecular complexity index is 1480. The van der Waals surface area contributed by atoms with Crippen molar-refractivity contribution in [2.45, 2.75) is 24.0 Å². The highest BCUT2D eigenvalue weighted by atomic mass is 32.2. The number of anilines is 3. The molecule has 0 saturated heterocycles. The minimum absolute atomic E-state index is 0.00608. The molecule has 34 heavy (non-hydrogen) atoms. The molecule has 0 atom stereocenters. The van der Waals surface area contributed by atoms with Crippen LogP contribution in [-0.4, -0.2) is 39.4 Å². The first-order valence-corrected chi connectivity index (χ1v) is 11.8. The van der Waals surface area contributed by atoms with E-state index in [0.29, 0.717) is 28.5 Å². The Balaban J connectivity index is 1.62. The van der Waals surface area contributed by atoms with E-state index in [1.807, 2.05) is 0 Å². The number of para-hydroxylation sites is 1. The zero-order valence-electron chi connectivity index (χ0n) is 18.3. The lowest BCUT2D eigenvalue weighted by atomic mass is 10.2. The van der Waals surface area contributed by atoms with Crippen LogP contribution in [0.15, 0.2) is 76.9 Å². The van der Waals surface area contributed by atoms with Crippen molar-refractivity contribution in [1.82, 2.24) is 14.6 Å². The van der Waals surface area contributed by atoms with Gasteiger partial charge in [-0.15, -0.1) is 0 Å². The molecule has 0 unspecified atom stereocenters. The number of non-ortho nitro benzene ring substituents is 1. The van der Waals surface area contributed by atoms with Gasteiger partial charge in [-0.2, -0.15) is 14.7 Å². The van der Waals surface area contributed by atoms with E-state index in [2.05, 4.69) is 25.9 Å². The highest BCUT2D eigenvalue weighted by Crippen LogP contribution is 2.28. The van der Waals surface area contributed by atoms with Crippen LogP contribution in [0.3, 0.4) is 0 Å². The van der Waals surface area contributed by atoms with E-state index >= 15 is 0 Å². The highest BCUT2D eigenvalue weighted by molar-refractivity contribution is 7.92. The molecule has 2 aromatic heterocycles. The van der Waals surface area contributed by atoms with Gasteiger partial charge in [-0.1, -0.05) is 12.1 Å². The number of nitro groups is 1. The molecule has 2 N–H and O–H groups in total. The molecule has 0 aliphatic rings. The van der Waals surface area contributed by atoms with Crippen LogP contribution in [0.5, 0.6) is 0 Å². The Hall–Kier alpha value is -4.32. The maximum absolute atomic E-state index is 12.8. The van der Waals surface area contributed by atoms with E-state index in [1.54, 1.807) is 73.1 Å². The molecule has 0 aliphatic heterocycles. The van der Waals surface area contributed by atoms with Crippen LogP contribution < -0.4 is 10.7 Å². The zero-order valence-corrected chi connectivity index (χ0v) is 19.1. The van der Waals surface area contributed by atoms with Crippen molar-refractivity contribution in [3.05, 3.63) is 82.5 Å². The van der Waals surface area contributed by atoms with Gasteiger partial charge in [-0.25, -0.2) is 13.4 Å². The Kier molecular flexibility index (Phi) is 6.23. The van der Waals surface area contributed by atoms with Crippen molar-refractivity contribution < 1.29 is 13.3 Å². The van der Waals surface area contributed by atoms with Crippen LogP contribution in [0, 0.1) is 10.1 Å². The summed E-state index contributed by atoms with van der Waals surface area (Å²) < 4.78 is 27.2. The van der Waals surface area contributed by atoms with E-state index < -0.39 is 20.0 Å². The van der Waals surface area contributed by atoms with Crippen molar-refractivity contribution in [2.24, 2.45) is 5.10 Å². The second-order valence-electron chi connectivity index (χ2n) is 7.56. The molecule has 0 spiro atoms. The second-order valence-corrected chi connectivity index (χ2v) is 10.0. The van der Waals surface area contributed by atoms with Gasteiger partial charge in [0.05, 0.1) is 33.2 Å². The van der Waals surface area contributed by atoms with Gasteiger partial charge in [-0.3, -0.25) is 15.5 Å². The molecule has 2 heterocycles. The SMILES string of the molecule is CC(C)S(=O)(=O)c1ccccc1Nc1cc(N/N=C/c2ccc([N+](=O)[O-])cc2)nc2ccnn12. The van der Waals surface area contributed by atoms with Crippen molar-refractivity contribution in [3.8, 4) is 0 Å². The monoisotopic (exact) mass is 479 g/mol. The number of fused-ring (bicyclic) bond motifs is 1. The molecule has 4 rings (SSSR count). The molecule has 0 saturated carbocycles. The number of nitro benzene ring substituents is 1. The lowest BCUT2D eigenvalue weighted by Gasteiger charge is -2.15. The van der Waals surface area contributed by atoms with Crippen molar-refractivity contribution >= 4 is 44.7 Å². The third kappa shape index (κ3) is 4.71. The largest absolute Gasteiger partial charge is 0.339 e. The maximum atomic E-state index is 12.8. The van der Waals surface area contributed by atoms with Crippen LogP contribution in [0.4, 0.5) is 23.0 Å². The molecule has 12 heteroatoms. The standard InChI is InChI=1S/C22H21N7O4S/c1-15(2)34(32,33)19-6-4-3-5-18(19)25-22-13-20(26-21-11-12-24-28(21)22)27-23-14-16-7-9-17(10-8-16)29(30)31/h3-15,25H,1-2H3,(H,26,27)/b23-14+. The van der Waals surface area contributed by atoms with Crippen LogP contribution in [0.2, 0.25) is 0 Å². The number of hydrogen-bond acceptors (Lipinski definition) is 9. The van der Waals surface area contributed by atoms with Crippen molar-refractivity contribution in [1.29, 1.82) is 0 Å². The van der Waals surface area contributed by atoms with Crippen molar-refractivity contribution in [2.75, 3.05) is 10.7 Å². The van der Waals surface area contributed by atoms with Gasteiger partial charge in [-0.05, 0) is 43.7 Å². The number of rotatable bonds is 8. The number of hydrazone groups is 1. The van der Waals surface area contributed by atoms with Crippen molar-refractivity contribution in [3.63, 3.8) is 0 Å². The fourth-order valence-corrected chi connectivity index (χ4v) is 4.33. The smallest absolute Gasteiger partial charge is 0.269 e. The summed E-state index contributed by atoms with van der Waals surface area (Å²) in [4.78, 5) is 14.9. The number of nitrogens with one attached hydrogen (secondary N) is 2. The van der Waals surface area contributed by atoms with Gasteiger partial charge in [0.15, 0.2) is 21.3 Å². The molecule has 0 radical (unpaired) electrons. The predicted octanol–water partition coefficient (Wildman–Crippen LogP) is 4.01. The number of nitrogens with zero attached hydrogens (tertiary/aromatic N) is 5. The summed E-state index contributed by atoms with van der Waals surface area (Å²) in [6, 6.07) is 16.0. The topological polar surface area (TPSA) is 144 Å². The Morgan fingerprint density at radius 3 is 2.56 bits per heavy atom. The molecule has 0 fully saturated rings. The summed E-state index contributed by atoms with van der Waals surface area (Å²) in [5.41, 5.74) is 4.41. The first-order valence-electron chi connectivity index (χ1n) is 10.2. The summed E-state index contributed by atoms with van der Waals surface area (Å²) in [6.07, 6.45) is 3.08. The van der Waals surface area contributed by atoms with Crippen LogP contribution in [-0.2, 0) is 9.84 Å². The summed E-state index contributed by atoms with van der Waals surface area (Å²) in [6.45, 7) is 3.27. The average molecular weight is 480 g/mol. The van der Waals surface area contributed by atoms with Gasteiger partial charge in [0.2, 0.25) is 0 Å². The molecule has 0 aliphatic carbocycles. The molecule has 2 aromatic carbocycles. The quantitative estimate of drug-likeness (QED) is 0.219. The molecule has 0 bridgehead atoms. The van der Waals surface area contributed by atoms with Gasteiger partial charge >= 0.3 is 0 Å². The van der Waals surface area contributed by atoms with E-state index in [9.17, 15) is 18.5 Å². The third-order valence-corrected chi connectivity index (χ3v) is 7.14. The molecular weight excluding hydrogens is 458 g/mol. The van der Waals surface area contributed by atoms with E-state index in [-0.39, 0.29) is 10.6 Å². The summed E-state index contributed by atoms with van der Waals surface area (Å²) >= 11 is 0. The maximum Gasteiger partial charge on any atom is 0.269 e. The fraction of sp³-hybridized carbons (Fsp3) is 0.136. The molecule has 0 amide bonds. The Morgan fingerprint density at radius 2 is 1.85 bits per heavy atom. The minimum atomic E-state index is -3.52. The van der Waals surface area contributed by atoms with Gasteiger partial charge in [0.1, 0.15) is 5.82 Å². The van der Waals surface area contributed by atoms with E-state index in [0.717, 1.165) is 0 Å². The Labute approximate surface area is 195 Å². The summed E-state index contributed by atoms with van der Waals surface area (Å²) in [7, 11) is -3.52. The highest BCUT2D eigenvalue weighted by Gasteiger charge is 2.23. The minimum Gasteiger partial charge on any atom is -0.339 e. The number of aromatic nitrogens is 3.